The zero-order valence-corrected chi connectivity index (χ0v) is 19.4. The van der Waals surface area contributed by atoms with Crippen molar-refractivity contribution >= 4 is 40.9 Å². The molecule has 0 atom stereocenters. The molecule has 0 radical (unpaired) electrons. The third-order valence-electron chi connectivity index (χ3n) is 6.10. The van der Waals surface area contributed by atoms with E-state index in [0.717, 1.165) is 53.2 Å². The van der Waals surface area contributed by atoms with Gasteiger partial charge in [-0.25, -0.2) is 0 Å². The molecule has 1 aromatic rings. The number of H-pyrrole nitrogens is 1. The topological polar surface area (TPSA) is 96.3 Å². The van der Waals surface area contributed by atoms with E-state index in [0.29, 0.717) is 18.1 Å². The van der Waals surface area contributed by atoms with Crippen LogP contribution in [0, 0.1) is 5.92 Å². The molecule has 1 amide bonds. The Morgan fingerprint density at radius 2 is 2.03 bits per heavy atom. The molecule has 1 N–H and O–H groups in total. The van der Waals surface area contributed by atoms with Gasteiger partial charge in [-0.1, -0.05) is 11.6 Å². The Hall–Kier alpha value is -2.45. The molecular formula is C23H29ClN4O4. The van der Waals surface area contributed by atoms with Crippen LogP contribution in [0.3, 0.4) is 0 Å². The summed E-state index contributed by atoms with van der Waals surface area (Å²) in [4.78, 5) is 29.4. The number of halogens is 1. The zero-order chi connectivity index (χ0) is 22.8. The largest absolute Gasteiger partial charge is 0.456 e. The number of hydrogen-bond acceptors (Lipinski definition) is 6. The molecule has 1 fully saturated rings. The number of carbonyl (C=O) groups is 2. The number of esters is 1. The van der Waals surface area contributed by atoms with Crippen molar-refractivity contribution in [3.63, 3.8) is 0 Å². The summed E-state index contributed by atoms with van der Waals surface area (Å²) in [5, 5.41) is 10.5. The van der Waals surface area contributed by atoms with Gasteiger partial charge in [-0.3, -0.25) is 9.59 Å². The minimum absolute atomic E-state index is 0.215. The van der Waals surface area contributed by atoms with Crippen molar-refractivity contribution in [2.75, 3.05) is 18.1 Å². The van der Waals surface area contributed by atoms with Crippen LogP contribution < -0.4 is 15.6 Å². The summed E-state index contributed by atoms with van der Waals surface area (Å²) in [6.07, 6.45) is 7.88. The van der Waals surface area contributed by atoms with Gasteiger partial charge in [-0.2, -0.15) is 10.2 Å². The van der Waals surface area contributed by atoms with Crippen LogP contribution in [0.4, 0.5) is 5.69 Å². The lowest BCUT2D eigenvalue weighted by Gasteiger charge is -2.31. The lowest BCUT2D eigenvalue weighted by molar-refractivity contribution is -0.145. The second-order valence-corrected chi connectivity index (χ2v) is 9.10. The van der Waals surface area contributed by atoms with Crippen molar-refractivity contribution in [3.8, 4) is 0 Å². The number of nitrogens with zero attached hydrogens (tertiary/aromatic N) is 3. The molecule has 2 aliphatic heterocycles. The van der Waals surface area contributed by atoms with Crippen molar-refractivity contribution in [3.05, 3.63) is 27.4 Å². The van der Waals surface area contributed by atoms with Crippen LogP contribution in [0.1, 0.15) is 52.0 Å². The number of allylic oxidation sites excluding steroid dienone is 1. The number of nitrogens with one attached hydrogen (secondary N) is 1. The molecule has 172 valence electrons. The Labute approximate surface area is 192 Å². The number of azo groups is 1. The SMILES string of the molecule is CC(=O)OCC(=O)N1CC=C(Cl)C(C2CCC(OC(C)C)CC2)=c2[nH]c3c(c21)CN=NC=3. The summed E-state index contributed by atoms with van der Waals surface area (Å²) in [6, 6.07) is 0. The molecule has 1 saturated carbocycles. The van der Waals surface area contributed by atoms with Gasteiger partial charge in [0.25, 0.3) is 5.91 Å². The Morgan fingerprint density at radius 3 is 2.72 bits per heavy atom. The summed E-state index contributed by atoms with van der Waals surface area (Å²) in [5.41, 5.74) is 2.69. The van der Waals surface area contributed by atoms with E-state index in [-0.39, 0.29) is 30.6 Å². The van der Waals surface area contributed by atoms with Crippen molar-refractivity contribution < 1.29 is 19.1 Å². The molecule has 0 spiro atoms. The predicted molar refractivity (Wildman–Crippen MR) is 121 cm³/mol. The summed E-state index contributed by atoms with van der Waals surface area (Å²) in [6.45, 7) is 5.76. The number of fused-ring (bicyclic) bond motifs is 3. The Bertz CT molecular complexity index is 1080. The van der Waals surface area contributed by atoms with Crippen LogP contribution in [0.2, 0.25) is 0 Å². The Morgan fingerprint density at radius 1 is 1.28 bits per heavy atom. The van der Waals surface area contributed by atoms with Gasteiger partial charge in [-0.05, 0) is 57.1 Å². The van der Waals surface area contributed by atoms with E-state index in [1.165, 1.54) is 6.92 Å². The van der Waals surface area contributed by atoms with E-state index >= 15 is 0 Å². The summed E-state index contributed by atoms with van der Waals surface area (Å²) in [7, 11) is 0. The molecule has 8 nitrogen and oxygen atoms in total. The third-order valence-corrected chi connectivity index (χ3v) is 6.46. The molecule has 0 aromatic carbocycles. The van der Waals surface area contributed by atoms with E-state index in [1.807, 2.05) is 6.08 Å². The second kappa shape index (κ2) is 9.58. The Kier molecular flexibility index (Phi) is 6.81. The lowest BCUT2D eigenvalue weighted by atomic mass is 9.81. The highest BCUT2D eigenvalue weighted by Gasteiger charge is 2.32. The minimum atomic E-state index is -0.493. The highest BCUT2D eigenvalue weighted by molar-refractivity contribution is 6.36. The number of hydrogen-bond donors (Lipinski definition) is 1. The fourth-order valence-electron chi connectivity index (χ4n) is 4.75. The third kappa shape index (κ3) is 4.66. The van der Waals surface area contributed by atoms with Gasteiger partial charge < -0.3 is 19.4 Å². The Balaban J connectivity index is 1.75. The van der Waals surface area contributed by atoms with Crippen LogP contribution in [0.15, 0.2) is 21.3 Å². The molecular weight excluding hydrogens is 432 g/mol. The maximum atomic E-state index is 13.0. The normalized spacial score (nSPS) is 22.6. The molecule has 0 unspecified atom stereocenters. The van der Waals surface area contributed by atoms with E-state index in [2.05, 4.69) is 29.1 Å². The van der Waals surface area contributed by atoms with Gasteiger partial charge in [-0.15, -0.1) is 0 Å². The zero-order valence-electron chi connectivity index (χ0n) is 18.7. The van der Waals surface area contributed by atoms with E-state index in [4.69, 9.17) is 21.1 Å². The molecule has 32 heavy (non-hydrogen) atoms. The number of aromatic nitrogens is 1. The molecule has 0 saturated heterocycles. The maximum Gasteiger partial charge on any atom is 0.303 e. The molecule has 1 aliphatic carbocycles. The van der Waals surface area contributed by atoms with E-state index in [1.54, 1.807) is 11.1 Å². The molecule has 3 aliphatic rings. The quantitative estimate of drug-likeness (QED) is 0.683. The lowest BCUT2D eigenvalue weighted by Crippen LogP contribution is -2.38. The molecule has 9 heteroatoms. The highest BCUT2D eigenvalue weighted by atomic mass is 35.5. The fourth-order valence-corrected chi connectivity index (χ4v) is 5.07. The van der Waals surface area contributed by atoms with Gasteiger partial charge in [0.2, 0.25) is 0 Å². The number of amides is 1. The number of anilines is 1. The number of ether oxygens (including phenoxy) is 2. The van der Waals surface area contributed by atoms with Gasteiger partial charge in [0, 0.05) is 24.1 Å². The molecule has 0 bridgehead atoms. The average molecular weight is 461 g/mol. The van der Waals surface area contributed by atoms with Gasteiger partial charge in [0.15, 0.2) is 6.61 Å². The highest BCUT2D eigenvalue weighted by Crippen LogP contribution is 2.38. The second-order valence-electron chi connectivity index (χ2n) is 8.69. The van der Waals surface area contributed by atoms with Crippen molar-refractivity contribution in [2.45, 2.75) is 65.2 Å². The molecule has 1 aromatic heterocycles. The van der Waals surface area contributed by atoms with Crippen molar-refractivity contribution in [1.29, 1.82) is 0 Å². The first-order chi connectivity index (χ1) is 15.3. The maximum absolute atomic E-state index is 13.0. The fraction of sp³-hybridized carbons (Fsp3) is 0.565. The van der Waals surface area contributed by atoms with Gasteiger partial charge >= 0.3 is 5.97 Å². The first-order valence-electron chi connectivity index (χ1n) is 11.1. The van der Waals surface area contributed by atoms with Crippen LogP contribution >= 0.6 is 11.6 Å². The first kappa shape index (κ1) is 22.7. The smallest absolute Gasteiger partial charge is 0.303 e. The van der Waals surface area contributed by atoms with Crippen LogP contribution in [-0.2, 0) is 25.6 Å². The summed E-state index contributed by atoms with van der Waals surface area (Å²) >= 11 is 6.82. The van der Waals surface area contributed by atoms with Crippen LogP contribution in [0.5, 0.6) is 0 Å². The van der Waals surface area contributed by atoms with Crippen LogP contribution in [-0.4, -0.2) is 42.2 Å². The monoisotopic (exact) mass is 460 g/mol. The van der Waals surface area contributed by atoms with Crippen molar-refractivity contribution in [1.82, 2.24) is 4.98 Å². The molecule has 4 rings (SSSR count). The summed E-state index contributed by atoms with van der Waals surface area (Å²) < 4.78 is 11.0. The van der Waals surface area contributed by atoms with Crippen molar-refractivity contribution in [2.24, 2.45) is 16.1 Å². The van der Waals surface area contributed by atoms with Gasteiger partial charge in [0.1, 0.15) is 0 Å². The minimum Gasteiger partial charge on any atom is -0.456 e. The van der Waals surface area contributed by atoms with Crippen LogP contribution in [0.25, 0.3) is 11.8 Å². The van der Waals surface area contributed by atoms with Gasteiger partial charge in [0.05, 0.1) is 41.3 Å². The number of rotatable bonds is 5. The summed E-state index contributed by atoms with van der Waals surface area (Å²) in [5.74, 6) is -0.545. The average Bonchev–Trinajstić information content (AvgIpc) is 3.05. The first-order valence-corrected chi connectivity index (χ1v) is 11.5. The van der Waals surface area contributed by atoms with E-state index < -0.39 is 5.97 Å². The standard InChI is InChI=1S/C23H29ClN4O4/c1-13(2)32-16-6-4-15(5-7-16)21-18(24)8-9-28(20(30)12-31-14(3)29)23-17-10-25-26-11-19(17)27-22(21)23/h8,11,13,15-16,27H,4-7,9-10,12H2,1-3H3. The van der Waals surface area contributed by atoms with E-state index in [9.17, 15) is 9.59 Å². The molecule has 3 heterocycles. The number of carbonyl (C=O) groups excluding carboxylic acids is 2. The number of aromatic amines is 1. The predicted octanol–water partition coefficient (Wildman–Crippen LogP) is 2.89.